The molecule has 406 valence electrons. The molecule has 0 fully saturated rings. The third kappa shape index (κ3) is 57.1. The van der Waals surface area contributed by atoms with E-state index < -0.39 is 6.10 Å². The van der Waals surface area contributed by atoms with Crippen molar-refractivity contribution in [3.8, 4) is 0 Å². The van der Waals surface area contributed by atoms with E-state index in [0.29, 0.717) is 19.3 Å². The molecule has 0 aromatic rings. The summed E-state index contributed by atoms with van der Waals surface area (Å²) in [6.45, 7) is 6.51. The first kappa shape index (κ1) is 67.3. The number of esters is 3. The lowest BCUT2D eigenvalue weighted by molar-refractivity contribution is -0.167. The van der Waals surface area contributed by atoms with E-state index >= 15 is 0 Å². The van der Waals surface area contributed by atoms with Crippen molar-refractivity contribution in [3.63, 3.8) is 0 Å². The van der Waals surface area contributed by atoms with Gasteiger partial charge in [-0.1, -0.05) is 234 Å². The summed E-state index contributed by atoms with van der Waals surface area (Å²) in [6, 6.07) is 0. The summed E-state index contributed by atoms with van der Waals surface area (Å²) in [5.41, 5.74) is 0. The van der Waals surface area contributed by atoms with Crippen LogP contribution < -0.4 is 0 Å². The van der Waals surface area contributed by atoms with Crippen LogP contribution in [-0.2, 0) is 28.6 Å². The number of carbonyl (C=O) groups excluding carboxylic acids is 3. The zero-order valence-corrected chi connectivity index (χ0v) is 46.5. The molecule has 0 aliphatic heterocycles. The van der Waals surface area contributed by atoms with Gasteiger partial charge in [0.25, 0.3) is 0 Å². The summed E-state index contributed by atoms with van der Waals surface area (Å²) in [6.07, 6.45) is 78.4. The summed E-state index contributed by atoms with van der Waals surface area (Å²) in [7, 11) is 0. The Labute approximate surface area is 438 Å². The maximum absolute atomic E-state index is 12.8. The number of hydrogen-bond acceptors (Lipinski definition) is 6. The summed E-state index contributed by atoms with van der Waals surface area (Å²) in [4.78, 5) is 38.2. The fourth-order valence-electron chi connectivity index (χ4n) is 8.02. The topological polar surface area (TPSA) is 78.9 Å². The van der Waals surface area contributed by atoms with Crippen LogP contribution in [0.5, 0.6) is 0 Å². The van der Waals surface area contributed by atoms with Crippen LogP contribution in [0.2, 0.25) is 0 Å². The average Bonchev–Trinajstić information content (AvgIpc) is 3.37. The Morgan fingerprint density at radius 1 is 0.282 bits per heavy atom. The Morgan fingerprint density at radius 2 is 0.521 bits per heavy atom. The van der Waals surface area contributed by atoms with Crippen molar-refractivity contribution in [2.75, 3.05) is 13.2 Å². The number of hydrogen-bond donors (Lipinski definition) is 0. The molecule has 0 aromatic heterocycles. The third-order valence-corrected chi connectivity index (χ3v) is 12.5. The Balaban J connectivity index is 4.47. The van der Waals surface area contributed by atoms with E-state index in [4.69, 9.17) is 14.2 Å². The van der Waals surface area contributed by atoms with E-state index in [-0.39, 0.29) is 44.0 Å². The molecule has 0 spiro atoms. The molecule has 0 aromatic carbocycles. The van der Waals surface area contributed by atoms with Crippen LogP contribution in [0.4, 0.5) is 0 Å². The van der Waals surface area contributed by atoms with Gasteiger partial charge in [0, 0.05) is 19.3 Å². The molecule has 0 rings (SSSR count). The quantitative estimate of drug-likeness (QED) is 0.0261. The highest BCUT2D eigenvalue weighted by Gasteiger charge is 2.19. The van der Waals surface area contributed by atoms with Crippen molar-refractivity contribution in [3.05, 3.63) is 97.2 Å². The number of ether oxygens (including phenoxy) is 3. The minimum atomic E-state index is -0.821. The van der Waals surface area contributed by atoms with Gasteiger partial charge in [-0.3, -0.25) is 14.4 Å². The second kappa shape index (κ2) is 58.9. The van der Waals surface area contributed by atoms with Crippen LogP contribution in [0.3, 0.4) is 0 Å². The lowest BCUT2D eigenvalue weighted by atomic mass is 10.0. The molecule has 6 nitrogen and oxygen atoms in total. The molecule has 0 heterocycles. The van der Waals surface area contributed by atoms with Gasteiger partial charge in [-0.2, -0.15) is 0 Å². The number of allylic oxidation sites excluding steroid dienone is 16. The summed E-state index contributed by atoms with van der Waals surface area (Å²) < 4.78 is 16.8. The van der Waals surface area contributed by atoms with Crippen molar-refractivity contribution in [1.82, 2.24) is 0 Å². The second-order valence-electron chi connectivity index (χ2n) is 19.5. The fourth-order valence-corrected chi connectivity index (χ4v) is 8.02. The van der Waals surface area contributed by atoms with Gasteiger partial charge in [-0.25, -0.2) is 0 Å². The molecule has 0 saturated heterocycles. The van der Waals surface area contributed by atoms with Crippen molar-refractivity contribution >= 4 is 17.9 Å². The van der Waals surface area contributed by atoms with E-state index in [1.807, 2.05) is 0 Å². The molecule has 1 atom stereocenters. The molecule has 0 N–H and O–H groups in total. The van der Waals surface area contributed by atoms with Gasteiger partial charge >= 0.3 is 17.9 Å². The van der Waals surface area contributed by atoms with Crippen LogP contribution in [0.1, 0.15) is 278 Å². The molecule has 71 heavy (non-hydrogen) atoms. The summed E-state index contributed by atoms with van der Waals surface area (Å²) >= 11 is 0. The van der Waals surface area contributed by atoms with E-state index in [1.165, 1.54) is 154 Å². The fraction of sp³-hybridized carbons (Fsp3) is 0.708. The highest BCUT2D eigenvalue weighted by atomic mass is 16.6. The summed E-state index contributed by atoms with van der Waals surface area (Å²) in [5, 5.41) is 0. The van der Waals surface area contributed by atoms with Crippen LogP contribution in [-0.4, -0.2) is 37.2 Å². The van der Waals surface area contributed by atoms with E-state index in [2.05, 4.69) is 118 Å². The zero-order valence-electron chi connectivity index (χ0n) is 46.5. The highest BCUT2D eigenvalue weighted by molar-refractivity contribution is 5.71. The maximum Gasteiger partial charge on any atom is 0.306 e. The van der Waals surface area contributed by atoms with Gasteiger partial charge < -0.3 is 14.2 Å². The minimum absolute atomic E-state index is 0.110. The van der Waals surface area contributed by atoms with Gasteiger partial charge in [0.15, 0.2) is 6.10 Å². The van der Waals surface area contributed by atoms with Gasteiger partial charge in [-0.15, -0.1) is 0 Å². The van der Waals surface area contributed by atoms with Gasteiger partial charge in [0.1, 0.15) is 13.2 Å². The van der Waals surface area contributed by atoms with Gasteiger partial charge in [-0.05, 0) is 122 Å². The molecule has 0 saturated carbocycles. The largest absolute Gasteiger partial charge is 0.462 e. The predicted molar refractivity (Wildman–Crippen MR) is 307 cm³/mol. The van der Waals surface area contributed by atoms with Crippen LogP contribution in [0.15, 0.2) is 97.2 Å². The molecular formula is C65H110O6. The molecule has 6 heteroatoms. The van der Waals surface area contributed by atoms with Gasteiger partial charge in [0.2, 0.25) is 0 Å². The molecule has 0 aliphatic carbocycles. The Morgan fingerprint density at radius 3 is 0.915 bits per heavy atom. The van der Waals surface area contributed by atoms with E-state index in [0.717, 1.165) is 70.6 Å². The first-order valence-corrected chi connectivity index (χ1v) is 29.7. The smallest absolute Gasteiger partial charge is 0.306 e. The standard InChI is InChI=1S/C65H110O6/c1-4-7-10-13-16-19-22-25-28-30-31-32-33-35-38-40-43-46-49-52-55-58-64(67)70-61-62(71-65(68)59-56-53-50-47-44-41-36-27-24-21-18-15-12-9-6-3)60-69-63(66)57-54-51-48-45-42-39-37-34-29-26-23-20-17-14-11-8-5-2/h17-18,20-21,25-29,36-37,39,44-45,47-48,62H,4-16,19,22-24,30-35,38,40-43,46,49-61H2,1-3H3/b20-17-,21-18-,28-25-,29-26-,36-27-,39-37-,47-44-,48-45-/t62-/m1/s1. The van der Waals surface area contributed by atoms with E-state index in [9.17, 15) is 14.4 Å². The Bertz CT molecular complexity index is 1410. The van der Waals surface area contributed by atoms with Crippen LogP contribution in [0, 0.1) is 0 Å². The second-order valence-corrected chi connectivity index (χ2v) is 19.5. The molecular weight excluding hydrogens is 877 g/mol. The zero-order chi connectivity index (χ0) is 51.4. The minimum Gasteiger partial charge on any atom is -0.462 e. The first-order valence-electron chi connectivity index (χ1n) is 29.7. The van der Waals surface area contributed by atoms with Crippen molar-refractivity contribution < 1.29 is 28.6 Å². The number of unbranched alkanes of at least 4 members (excludes halogenated alkanes) is 26. The lowest BCUT2D eigenvalue weighted by Crippen LogP contribution is -2.30. The number of carbonyl (C=O) groups is 3. The maximum atomic E-state index is 12.8. The monoisotopic (exact) mass is 987 g/mol. The van der Waals surface area contributed by atoms with Crippen molar-refractivity contribution in [2.45, 2.75) is 284 Å². The Kier molecular flexibility index (Phi) is 55.9. The number of rotatable bonds is 53. The molecule has 0 unspecified atom stereocenters. The third-order valence-electron chi connectivity index (χ3n) is 12.5. The molecule has 0 radical (unpaired) electrons. The molecule has 0 amide bonds. The highest BCUT2D eigenvalue weighted by Crippen LogP contribution is 2.15. The molecule has 0 aliphatic rings. The first-order chi connectivity index (χ1) is 35.0. The van der Waals surface area contributed by atoms with Crippen molar-refractivity contribution in [1.29, 1.82) is 0 Å². The average molecular weight is 988 g/mol. The predicted octanol–water partition coefficient (Wildman–Crippen LogP) is 20.1. The Hall–Kier alpha value is -3.67. The van der Waals surface area contributed by atoms with Gasteiger partial charge in [0.05, 0.1) is 0 Å². The van der Waals surface area contributed by atoms with E-state index in [1.54, 1.807) is 0 Å². The van der Waals surface area contributed by atoms with Crippen molar-refractivity contribution in [2.24, 2.45) is 0 Å². The molecule has 0 bridgehead atoms. The summed E-state index contributed by atoms with van der Waals surface area (Å²) in [5.74, 6) is -1.00. The normalized spacial score (nSPS) is 12.8. The van der Waals surface area contributed by atoms with Crippen LogP contribution in [0.25, 0.3) is 0 Å². The lowest BCUT2D eigenvalue weighted by Gasteiger charge is -2.18. The van der Waals surface area contributed by atoms with Crippen LogP contribution >= 0.6 is 0 Å². The SMILES string of the molecule is CCCCC/C=C\C/C=C\C/C=C\C/C=C\CCCC(=O)OC[C@H](COC(=O)CCCCCCCCCCCCC/C=C\CCCCCCCC)OC(=O)CCCC/C=C\C/C=C\C/C=C\CCCCC.